The molecule has 33 heavy (non-hydrogen) atoms. The topological polar surface area (TPSA) is 66.9 Å². The highest BCUT2D eigenvalue weighted by Crippen LogP contribution is 2.20. The molecule has 0 saturated heterocycles. The number of aryl methyl sites for hydroxylation is 1. The lowest BCUT2D eigenvalue weighted by Gasteiger charge is -2.14. The predicted molar refractivity (Wildman–Crippen MR) is 129 cm³/mol. The van der Waals surface area contributed by atoms with Crippen LogP contribution in [0.15, 0.2) is 91.1 Å². The van der Waals surface area contributed by atoms with Gasteiger partial charge in [-0.1, -0.05) is 30.3 Å². The normalized spacial score (nSPS) is 11.6. The average Bonchev–Trinajstić information content (AvgIpc) is 2.84. The van der Waals surface area contributed by atoms with Crippen LogP contribution >= 0.6 is 0 Å². The van der Waals surface area contributed by atoms with E-state index < -0.39 is 0 Å². The third-order valence-corrected chi connectivity index (χ3v) is 5.26. The molecular formula is C27H25FN4O. The van der Waals surface area contributed by atoms with Gasteiger partial charge in [-0.15, -0.1) is 0 Å². The maximum atomic E-state index is 13.2. The van der Waals surface area contributed by atoms with E-state index in [0.29, 0.717) is 17.2 Å². The van der Waals surface area contributed by atoms with Crippen LogP contribution in [0.25, 0.3) is 11.4 Å². The summed E-state index contributed by atoms with van der Waals surface area (Å²) in [7, 11) is 0. The SMILES string of the molecule is C[C@@H](CCc1ccccc1)NC(=O)c1ccc(Nc2ccnc(-c3ccc(F)cc3)n2)cc1. The molecule has 4 rings (SSSR count). The summed E-state index contributed by atoms with van der Waals surface area (Å²) >= 11 is 0. The summed E-state index contributed by atoms with van der Waals surface area (Å²) in [4.78, 5) is 21.3. The Kier molecular flexibility index (Phi) is 7.05. The van der Waals surface area contributed by atoms with Gasteiger partial charge >= 0.3 is 0 Å². The van der Waals surface area contributed by atoms with E-state index in [1.807, 2.05) is 37.3 Å². The molecule has 6 heteroatoms. The first-order valence-electron chi connectivity index (χ1n) is 10.9. The Morgan fingerprint density at radius 3 is 2.39 bits per heavy atom. The number of amides is 1. The molecule has 5 nitrogen and oxygen atoms in total. The van der Waals surface area contributed by atoms with Crippen LogP contribution in [0, 0.1) is 5.82 Å². The minimum Gasteiger partial charge on any atom is -0.350 e. The Labute approximate surface area is 192 Å². The maximum Gasteiger partial charge on any atom is 0.251 e. The number of nitrogens with one attached hydrogen (secondary N) is 2. The van der Waals surface area contributed by atoms with Gasteiger partial charge in [-0.05, 0) is 79.9 Å². The van der Waals surface area contributed by atoms with Crippen LogP contribution in [0.4, 0.5) is 15.9 Å². The van der Waals surface area contributed by atoms with Crippen molar-refractivity contribution >= 4 is 17.4 Å². The summed E-state index contributed by atoms with van der Waals surface area (Å²) in [5.41, 5.74) is 3.39. The van der Waals surface area contributed by atoms with Gasteiger partial charge in [-0.2, -0.15) is 0 Å². The third-order valence-electron chi connectivity index (χ3n) is 5.26. The molecule has 0 aliphatic rings. The van der Waals surface area contributed by atoms with E-state index >= 15 is 0 Å². The highest BCUT2D eigenvalue weighted by Gasteiger charge is 2.10. The summed E-state index contributed by atoms with van der Waals surface area (Å²) in [5, 5.41) is 6.27. The molecule has 1 aromatic heterocycles. The van der Waals surface area contributed by atoms with Crippen molar-refractivity contribution in [3.63, 3.8) is 0 Å². The van der Waals surface area contributed by atoms with Crippen molar-refractivity contribution in [2.45, 2.75) is 25.8 Å². The van der Waals surface area contributed by atoms with Gasteiger partial charge in [0, 0.05) is 29.1 Å². The zero-order valence-electron chi connectivity index (χ0n) is 18.3. The van der Waals surface area contributed by atoms with E-state index in [4.69, 9.17) is 0 Å². The molecule has 0 fully saturated rings. The van der Waals surface area contributed by atoms with Crippen LogP contribution in [-0.2, 0) is 6.42 Å². The minimum atomic E-state index is -0.303. The van der Waals surface area contributed by atoms with Crippen LogP contribution in [-0.4, -0.2) is 21.9 Å². The quantitative estimate of drug-likeness (QED) is 0.365. The summed E-state index contributed by atoms with van der Waals surface area (Å²) in [5.74, 6) is 0.710. The standard InChI is InChI=1S/C27H25FN4O/c1-19(7-8-20-5-3-2-4-6-20)30-27(33)22-11-15-24(16-12-22)31-25-17-18-29-26(32-25)21-9-13-23(28)14-10-21/h2-6,9-19H,7-8H2,1H3,(H,30,33)(H,29,31,32)/t19-/m0/s1. The number of carbonyl (C=O) groups is 1. The smallest absolute Gasteiger partial charge is 0.251 e. The first kappa shape index (κ1) is 22.1. The van der Waals surface area contributed by atoms with E-state index in [1.165, 1.54) is 17.7 Å². The first-order chi connectivity index (χ1) is 16.1. The van der Waals surface area contributed by atoms with Crippen LogP contribution in [0.5, 0.6) is 0 Å². The average molecular weight is 441 g/mol. The van der Waals surface area contributed by atoms with E-state index in [1.54, 1.807) is 36.5 Å². The molecule has 0 aliphatic heterocycles. The summed E-state index contributed by atoms with van der Waals surface area (Å²) < 4.78 is 13.2. The molecule has 0 spiro atoms. The van der Waals surface area contributed by atoms with E-state index in [-0.39, 0.29) is 17.8 Å². The Morgan fingerprint density at radius 2 is 1.67 bits per heavy atom. The zero-order valence-corrected chi connectivity index (χ0v) is 18.3. The van der Waals surface area contributed by atoms with Crippen molar-refractivity contribution in [3.05, 3.63) is 108 Å². The van der Waals surface area contributed by atoms with E-state index in [9.17, 15) is 9.18 Å². The van der Waals surface area contributed by atoms with Crippen molar-refractivity contribution in [2.75, 3.05) is 5.32 Å². The third kappa shape index (κ3) is 6.23. The number of aromatic nitrogens is 2. The van der Waals surface area contributed by atoms with Crippen molar-refractivity contribution in [1.29, 1.82) is 0 Å². The van der Waals surface area contributed by atoms with Gasteiger partial charge in [0.15, 0.2) is 5.82 Å². The molecule has 3 aromatic carbocycles. The number of nitrogens with zero attached hydrogens (tertiary/aromatic N) is 2. The summed E-state index contributed by atoms with van der Waals surface area (Å²) in [6, 6.07) is 25.4. The first-order valence-corrected chi connectivity index (χ1v) is 10.9. The van der Waals surface area contributed by atoms with Gasteiger partial charge in [0.1, 0.15) is 11.6 Å². The Hall–Kier alpha value is -4.06. The van der Waals surface area contributed by atoms with Gasteiger partial charge < -0.3 is 10.6 Å². The fourth-order valence-electron chi connectivity index (χ4n) is 3.43. The number of hydrogen-bond acceptors (Lipinski definition) is 4. The van der Waals surface area contributed by atoms with Gasteiger partial charge in [0.2, 0.25) is 0 Å². The highest BCUT2D eigenvalue weighted by molar-refractivity contribution is 5.94. The fraction of sp³-hybridized carbons (Fsp3) is 0.148. The lowest BCUT2D eigenvalue weighted by Crippen LogP contribution is -2.32. The Bertz CT molecular complexity index is 1190. The predicted octanol–water partition coefficient (Wildman–Crippen LogP) is 5.78. The van der Waals surface area contributed by atoms with Crippen LogP contribution in [0.3, 0.4) is 0 Å². The molecule has 2 N–H and O–H groups in total. The molecule has 0 unspecified atom stereocenters. The lowest BCUT2D eigenvalue weighted by molar-refractivity contribution is 0.0938. The maximum absolute atomic E-state index is 13.2. The zero-order chi connectivity index (χ0) is 23.0. The van der Waals surface area contributed by atoms with E-state index in [2.05, 4.69) is 32.7 Å². The van der Waals surface area contributed by atoms with Crippen LogP contribution in [0.1, 0.15) is 29.3 Å². The number of anilines is 2. The molecule has 0 bridgehead atoms. The van der Waals surface area contributed by atoms with Crippen molar-refractivity contribution in [1.82, 2.24) is 15.3 Å². The van der Waals surface area contributed by atoms with Crippen LogP contribution in [0.2, 0.25) is 0 Å². The van der Waals surface area contributed by atoms with Gasteiger partial charge in [-0.25, -0.2) is 14.4 Å². The molecule has 1 atom stereocenters. The number of hydrogen-bond donors (Lipinski definition) is 2. The van der Waals surface area contributed by atoms with Crippen molar-refractivity contribution < 1.29 is 9.18 Å². The number of benzene rings is 3. The molecule has 0 radical (unpaired) electrons. The number of carbonyl (C=O) groups excluding carboxylic acids is 1. The Morgan fingerprint density at radius 1 is 0.939 bits per heavy atom. The number of rotatable bonds is 8. The monoisotopic (exact) mass is 440 g/mol. The minimum absolute atomic E-state index is 0.0707. The fourth-order valence-corrected chi connectivity index (χ4v) is 3.43. The Balaban J connectivity index is 1.34. The molecule has 4 aromatic rings. The molecule has 1 heterocycles. The second-order valence-electron chi connectivity index (χ2n) is 7.87. The summed E-state index contributed by atoms with van der Waals surface area (Å²) in [6.45, 7) is 2.02. The summed E-state index contributed by atoms with van der Waals surface area (Å²) in [6.07, 6.45) is 3.44. The van der Waals surface area contributed by atoms with Gasteiger partial charge in [0.05, 0.1) is 0 Å². The number of halogens is 1. The molecule has 166 valence electrons. The highest BCUT2D eigenvalue weighted by atomic mass is 19.1. The van der Waals surface area contributed by atoms with Gasteiger partial charge in [-0.3, -0.25) is 4.79 Å². The second-order valence-corrected chi connectivity index (χ2v) is 7.87. The van der Waals surface area contributed by atoms with Crippen molar-refractivity contribution in [3.8, 4) is 11.4 Å². The molecule has 0 aliphatic carbocycles. The van der Waals surface area contributed by atoms with E-state index in [0.717, 1.165) is 24.1 Å². The lowest BCUT2D eigenvalue weighted by atomic mass is 10.1. The molecular weight excluding hydrogens is 415 g/mol. The molecule has 0 saturated carbocycles. The van der Waals surface area contributed by atoms with Gasteiger partial charge in [0.25, 0.3) is 5.91 Å². The van der Waals surface area contributed by atoms with Crippen LogP contribution < -0.4 is 10.6 Å². The second kappa shape index (κ2) is 10.5. The van der Waals surface area contributed by atoms with Crippen molar-refractivity contribution in [2.24, 2.45) is 0 Å². The largest absolute Gasteiger partial charge is 0.350 e. The molecule has 1 amide bonds.